The van der Waals surface area contributed by atoms with Crippen molar-refractivity contribution < 1.29 is 4.74 Å². The van der Waals surface area contributed by atoms with E-state index in [9.17, 15) is 0 Å². The Labute approximate surface area is 118 Å². The van der Waals surface area contributed by atoms with Crippen LogP contribution in [0.2, 0.25) is 0 Å². The molecule has 0 radical (unpaired) electrons. The molecule has 2 aromatic rings. The summed E-state index contributed by atoms with van der Waals surface area (Å²) in [5.41, 5.74) is 7.40. The monoisotopic (exact) mass is 272 g/mol. The first-order valence-electron chi connectivity index (χ1n) is 6.95. The van der Waals surface area contributed by atoms with Gasteiger partial charge in [0.2, 0.25) is 0 Å². The van der Waals surface area contributed by atoms with Gasteiger partial charge in [0.1, 0.15) is 6.33 Å². The molecule has 1 aliphatic rings. The molecule has 0 bridgehead atoms. The normalized spacial score (nSPS) is 21.2. The average Bonchev–Trinajstić information content (AvgIpc) is 2.98. The van der Waals surface area contributed by atoms with Crippen LogP contribution in [0, 0.1) is 0 Å². The summed E-state index contributed by atoms with van der Waals surface area (Å²) in [7, 11) is 0. The molecular weight excluding hydrogens is 252 g/mol. The van der Waals surface area contributed by atoms with Gasteiger partial charge >= 0.3 is 0 Å². The van der Waals surface area contributed by atoms with Gasteiger partial charge in [0.05, 0.1) is 18.2 Å². The van der Waals surface area contributed by atoms with E-state index in [0.29, 0.717) is 0 Å². The Balaban J connectivity index is 1.70. The van der Waals surface area contributed by atoms with Crippen molar-refractivity contribution in [1.29, 1.82) is 0 Å². The van der Waals surface area contributed by atoms with Crippen LogP contribution < -0.4 is 5.73 Å². The van der Waals surface area contributed by atoms with E-state index >= 15 is 0 Å². The molecule has 5 nitrogen and oxygen atoms in total. The second kappa shape index (κ2) is 4.90. The molecule has 0 spiro atoms. The summed E-state index contributed by atoms with van der Waals surface area (Å²) < 4.78 is 7.84. The molecular formula is C15H20N4O. The number of aromatic nitrogens is 3. The van der Waals surface area contributed by atoms with Crippen LogP contribution in [-0.2, 0) is 11.3 Å². The summed E-state index contributed by atoms with van der Waals surface area (Å²) >= 11 is 0. The molecule has 3 rings (SSSR count). The van der Waals surface area contributed by atoms with E-state index in [1.807, 2.05) is 28.9 Å². The predicted molar refractivity (Wildman–Crippen MR) is 78.1 cm³/mol. The van der Waals surface area contributed by atoms with E-state index in [-0.39, 0.29) is 11.7 Å². The molecule has 0 aliphatic carbocycles. The molecule has 1 atom stereocenters. The topological polar surface area (TPSA) is 66.0 Å². The number of rotatable bonds is 3. The number of hydrogen-bond donors (Lipinski definition) is 1. The van der Waals surface area contributed by atoms with Gasteiger partial charge in [0, 0.05) is 11.3 Å². The number of benzene rings is 1. The highest BCUT2D eigenvalue weighted by Crippen LogP contribution is 2.30. The summed E-state index contributed by atoms with van der Waals surface area (Å²) in [6, 6.07) is 7.59. The fraction of sp³-hybridized carbons (Fsp3) is 0.467. The zero-order chi connectivity index (χ0) is 14.2. The zero-order valence-corrected chi connectivity index (χ0v) is 11.9. The third-order valence-corrected chi connectivity index (χ3v) is 3.65. The quantitative estimate of drug-likeness (QED) is 0.872. The van der Waals surface area contributed by atoms with Gasteiger partial charge in [-0.05, 0) is 51.0 Å². The van der Waals surface area contributed by atoms with E-state index in [4.69, 9.17) is 10.5 Å². The van der Waals surface area contributed by atoms with Crippen molar-refractivity contribution >= 4 is 5.69 Å². The number of nitrogens with two attached hydrogens (primary N) is 1. The zero-order valence-electron chi connectivity index (χ0n) is 11.9. The summed E-state index contributed by atoms with van der Waals surface area (Å²) in [6.45, 7) is 5.02. The smallest absolute Gasteiger partial charge is 0.181 e. The SMILES string of the molecule is CC1(C)CCC(Cn2cnc(-c3ccc(N)cc3)n2)O1. The van der Waals surface area contributed by atoms with Crippen LogP contribution >= 0.6 is 0 Å². The lowest BCUT2D eigenvalue weighted by Gasteiger charge is -2.18. The van der Waals surface area contributed by atoms with Crippen molar-refractivity contribution in [1.82, 2.24) is 14.8 Å². The third kappa shape index (κ3) is 2.82. The van der Waals surface area contributed by atoms with Gasteiger partial charge in [-0.15, -0.1) is 0 Å². The molecule has 1 fully saturated rings. The fourth-order valence-electron chi connectivity index (χ4n) is 2.56. The molecule has 5 heteroatoms. The fourth-order valence-corrected chi connectivity index (χ4v) is 2.56. The first-order chi connectivity index (χ1) is 9.52. The number of nitrogen functional groups attached to an aromatic ring is 1. The summed E-state index contributed by atoms with van der Waals surface area (Å²) in [6.07, 6.45) is 4.16. The van der Waals surface area contributed by atoms with Gasteiger partial charge in [-0.2, -0.15) is 5.10 Å². The van der Waals surface area contributed by atoms with Gasteiger partial charge in [0.25, 0.3) is 0 Å². The average molecular weight is 272 g/mol. The maximum absolute atomic E-state index is 5.98. The first-order valence-corrected chi connectivity index (χ1v) is 6.95. The van der Waals surface area contributed by atoms with Crippen LogP contribution in [0.15, 0.2) is 30.6 Å². The number of ether oxygens (including phenoxy) is 1. The molecule has 1 saturated heterocycles. The minimum atomic E-state index is -0.00889. The van der Waals surface area contributed by atoms with Gasteiger partial charge in [-0.3, -0.25) is 0 Å². The molecule has 2 heterocycles. The largest absolute Gasteiger partial charge is 0.399 e. The molecule has 0 amide bonds. The highest BCUT2D eigenvalue weighted by atomic mass is 16.5. The van der Waals surface area contributed by atoms with E-state index < -0.39 is 0 Å². The van der Waals surface area contributed by atoms with Crippen LogP contribution in [0.3, 0.4) is 0 Å². The molecule has 1 aliphatic heterocycles. The minimum Gasteiger partial charge on any atom is -0.399 e. The molecule has 1 aromatic carbocycles. The minimum absolute atomic E-state index is 0.00889. The number of anilines is 1. The van der Waals surface area contributed by atoms with Crippen LogP contribution in [0.25, 0.3) is 11.4 Å². The standard InChI is InChI=1S/C15H20N4O/c1-15(2)8-7-13(20-15)9-19-10-17-14(18-19)11-3-5-12(16)6-4-11/h3-6,10,13H,7-9,16H2,1-2H3. The Morgan fingerprint density at radius 3 is 2.75 bits per heavy atom. The van der Waals surface area contributed by atoms with Crippen LogP contribution in [0.5, 0.6) is 0 Å². The van der Waals surface area contributed by atoms with Crippen LogP contribution in [0.1, 0.15) is 26.7 Å². The van der Waals surface area contributed by atoms with E-state index in [0.717, 1.165) is 36.5 Å². The molecule has 20 heavy (non-hydrogen) atoms. The highest BCUT2D eigenvalue weighted by molar-refractivity contribution is 5.57. The molecule has 0 saturated carbocycles. The van der Waals surface area contributed by atoms with Crippen molar-refractivity contribution in [3.05, 3.63) is 30.6 Å². The van der Waals surface area contributed by atoms with Crippen molar-refractivity contribution in [3.8, 4) is 11.4 Å². The number of nitrogens with zero attached hydrogens (tertiary/aromatic N) is 3. The summed E-state index contributed by atoms with van der Waals surface area (Å²) in [5.74, 6) is 0.724. The third-order valence-electron chi connectivity index (χ3n) is 3.65. The summed E-state index contributed by atoms with van der Waals surface area (Å²) in [5, 5.41) is 4.51. The maximum atomic E-state index is 5.98. The Bertz CT molecular complexity index is 588. The van der Waals surface area contributed by atoms with Gasteiger partial charge in [-0.25, -0.2) is 9.67 Å². The highest BCUT2D eigenvalue weighted by Gasteiger charge is 2.31. The first kappa shape index (κ1) is 13.1. The lowest BCUT2D eigenvalue weighted by Crippen LogP contribution is -2.23. The Kier molecular flexibility index (Phi) is 3.22. The summed E-state index contributed by atoms with van der Waals surface area (Å²) in [4.78, 5) is 4.35. The Morgan fingerprint density at radius 1 is 1.35 bits per heavy atom. The van der Waals surface area contributed by atoms with Crippen molar-refractivity contribution in [3.63, 3.8) is 0 Å². The Hall–Kier alpha value is -1.88. The van der Waals surface area contributed by atoms with E-state index in [2.05, 4.69) is 23.9 Å². The van der Waals surface area contributed by atoms with Gasteiger partial charge in [-0.1, -0.05) is 0 Å². The molecule has 2 N–H and O–H groups in total. The van der Waals surface area contributed by atoms with Crippen molar-refractivity contribution in [2.24, 2.45) is 0 Å². The lowest BCUT2D eigenvalue weighted by molar-refractivity contribution is -0.0229. The van der Waals surface area contributed by atoms with Gasteiger partial charge in [0.15, 0.2) is 5.82 Å². The van der Waals surface area contributed by atoms with E-state index in [1.165, 1.54) is 0 Å². The molecule has 1 aromatic heterocycles. The van der Waals surface area contributed by atoms with Crippen LogP contribution in [-0.4, -0.2) is 26.5 Å². The lowest BCUT2D eigenvalue weighted by atomic mass is 10.1. The molecule has 106 valence electrons. The van der Waals surface area contributed by atoms with Crippen LogP contribution in [0.4, 0.5) is 5.69 Å². The Morgan fingerprint density at radius 2 is 2.10 bits per heavy atom. The maximum Gasteiger partial charge on any atom is 0.181 e. The van der Waals surface area contributed by atoms with Crippen molar-refractivity contribution in [2.45, 2.75) is 44.9 Å². The second-order valence-electron chi connectivity index (χ2n) is 5.95. The molecule has 1 unspecified atom stereocenters. The second-order valence-corrected chi connectivity index (χ2v) is 5.95. The van der Waals surface area contributed by atoms with E-state index in [1.54, 1.807) is 6.33 Å². The number of hydrogen-bond acceptors (Lipinski definition) is 4. The predicted octanol–water partition coefficient (Wildman–Crippen LogP) is 2.48. The van der Waals surface area contributed by atoms with Crippen molar-refractivity contribution in [2.75, 3.05) is 5.73 Å². The van der Waals surface area contributed by atoms with Gasteiger partial charge < -0.3 is 10.5 Å².